The standard InChI is InChI=1S/C21H25BrN6O3.C21H24BrN5O4/c1-24-20(30)15-5-8-17(22)18(11-15)27-9-2-10-28(27)19(29)13-26-21(31)25-12-14-3-6-16(23)7-4-14;1-31-20(29)15-5-8-17(22)18(11-15)26-9-2-10-27(26)19(28)13-25-21(30)24-12-14-3-6-16(23)7-4-14/h3-8,11H,2,9-10,12-13,23H2,1H3,(H,24,30)(H2,25,26,31);3-8,11H,2,9-10,12-13,23H2,1H3,(H2,24,25,30). The highest BCUT2D eigenvalue weighted by Crippen LogP contribution is 2.32. The zero-order valence-corrected chi connectivity index (χ0v) is 37.4. The molecule has 2 aliphatic heterocycles. The second kappa shape index (κ2) is 22.3. The maximum atomic E-state index is 12.8. The van der Waals surface area contributed by atoms with E-state index in [2.05, 4.69) is 58.4 Å². The molecule has 0 aromatic heterocycles. The number of rotatable bonds is 12. The van der Waals surface area contributed by atoms with E-state index in [0.717, 1.165) is 38.6 Å². The Kier molecular flexibility index (Phi) is 16.8. The number of hydrogen-bond acceptors (Lipinski definition) is 11. The summed E-state index contributed by atoms with van der Waals surface area (Å²) in [7, 11) is 2.89. The van der Waals surface area contributed by atoms with E-state index >= 15 is 0 Å². The molecule has 0 saturated carbocycles. The van der Waals surface area contributed by atoms with Crippen LogP contribution < -0.4 is 48.1 Å². The minimum atomic E-state index is -0.453. The van der Waals surface area contributed by atoms with E-state index in [1.54, 1.807) is 82.7 Å². The molecule has 4 aromatic rings. The van der Waals surface area contributed by atoms with Crippen LogP contribution in [-0.2, 0) is 27.4 Å². The predicted octanol–water partition coefficient (Wildman–Crippen LogP) is 4.12. The van der Waals surface area contributed by atoms with Gasteiger partial charge < -0.3 is 42.8 Å². The van der Waals surface area contributed by atoms with Gasteiger partial charge in [-0.2, -0.15) is 0 Å². The first-order valence-corrected chi connectivity index (χ1v) is 21.1. The van der Waals surface area contributed by atoms with E-state index in [4.69, 9.17) is 16.2 Å². The summed E-state index contributed by atoms with van der Waals surface area (Å²) in [6.07, 6.45) is 1.55. The summed E-state index contributed by atoms with van der Waals surface area (Å²) >= 11 is 6.98. The average molecular weight is 980 g/mol. The van der Waals surface area contributed by atoms with Crippen LogP contribution in [0.3, 0.4) is 0 Å². The van der Waals surface area contributed by atoms with E-state index in [-0.39, 0.29) is 30.8 Å². The Hall–Kier alpha value is -6.54. The van der Waals surface area contributed by atoms with E-state index in [1.165, 1.54) is 7.11 Å². The van der Waals surface area contributed by atoms with Gasteiger partial charge in [-0.25, -0.2) is 14.4 Å². The van der Waals surface area contributed by atoms with Gasteiger partial charge in [0.1, 0.15) is 13.1 Å². The Morgan fingerprint density at radius 1 is 0.597 bits per heavy atom. The van der Waals surface area contributed by atoms with E-state index in [1.807, 2.05) is 29.3 Å². The molecule has 2 heterocycles. The van der Waals surface area contributed by atoms with Crippen molar-refractivity contribution in [1.29, 1.82) is 0 Å². The van der Waals surface area contributed by atoms with Crippen LogP contribution in [0.1, 0.15) is 44.7 Å². The largest absolute Gasteiger partial charge is 0.465 e. The van der Waals surface area contributed by atoms with Crippen LogP contribution >= 0.6 is 31.9 Å². The highest BCUT2D eigenvalue weighted by atomic mass is 79.9. The number of hydrogen-bond donors (Lipinski definition) is 7. The van der Waals surface area contributed by atoms with Crippen molar-refractivity contribution in [3.63, 3.8) is 0 Å². The van der Waals surface area contributed by atoms with Gasteiger partial charge in [-0.3, -0.25) is 34.4 Å². The molecule has 2 aliphatic rings. The number of methoxy groups -OCH3 is 1. The molecule has 0 bridgehead atoms. The molecule has 20 heteroatoms. The number of benzene rings is 4. The number of carbonyl (C=O) groups is 6. The van der Waals surface area contributed by atoms with Crippen LogP contribution in [0.15, 0.2) is 93.9 Å². The highest BCUT2D eigenvalue weighted by molar-refractivity contribution is 9.11. The lowest BCUT2D eigenvalue weighted by Gasteiger charge is -2.31. The smallest absolute Gasteiger partial charge is 0.337 e. The molecule has 0 radical (unpaired) electrons. The number of urea groups is 2. The number of halogens is 2. The first-order valence-electron chi connectivity index (χ1n) is 19.5. The monoisotopic (exact) mass is 977 g/mol. The fraction of sp³-hybridized carbons (Fsp3) is 0.286. The fourth-order valence-corrected chi connectivity index (χ4v) is 7.35. The van der Waals surface area contributed by atoms with Crippen LogP contribution in [-0.4, -0.2) is 99.2 Å². The molecule has 0 unspecified atom stereocenters. The molecule has 328 valence electrons. The summed E-state index contributed by atoms with van der Waals surface area (Å²) in [5.74, 6) is -1.15. The Labute approximate surface area is 375 Å². The molecule has 0 atom stereocenters. The summed E-state index contributed by atoms with van der Waals surface area (Å²) in [5.41, 5.74) is 16.7. The first-order chi connectivity index (χ1) is 29.8. The Morgan fingerprint density at radius 2 is 1.02 bits per heavy atom. The van der Waals surface area contributed by atoms with Gasteiger partial charge in [0.05, 0.1) is 24.0 Å². The van der Waals surface area contributed by atoms with Crippen LogP contribution in [0.25, 0.3) is 0 Å². The number of nitrogens with one attached hydrogen (secondary N) is 5. The molecule has 0 spiro atoms. The SMILES string of the molecule is CNC(=O)c1ccc(Br)c(N2CCCN2C(=O)CNC(=O)NCc2ccc(N)cc2)c1.COC(=O)c1ccc(Br)c(N2CCCN2C(=O)CNC(=O)NCc2ccc(N)cc2)c1. The number of ether oxygens (including phenoxy) is 1. The minimum absolute atomic E-state index is 0.142. The number of carbonyl (C=O) groups excluding carboxylic acids is 6. The number of hydrazine groups is 2. The van der Waals surface area contributed by atoms with Crippen molar-refractivity contribution in [3.8, 4) is 0 Å². The molecule has 2 saturated heterocycles. The van der Waals surface area contributed by atoms with E-state index in [9.17, 15) is 28.8 Å². The number of nitrogens with zero attached hydrogens (tertiary/aromatic N) is 4. The molecule has 7 amide bonds. The lowest BCUT2D eigenvalue weighted by molar-refractivity contribution is -0.130. The summed E-state index contributed by atoms with van der Waals surface area (Å²) in [6, 6.07) is 23.8. The minimum Gasteiger partial charge on any atom is -0.465 e. The summed E-state index contributed by atoms with van der Waals surface area (Å²) in [4.78, 5) is 73.5. The van der Waals surface area contributed by atoms with Crippen LogP contribution in [0, 0.1) is 0 Å². The predicted molar refractivity (Wildman–Crippen MR) is 243 cm³/mol. The summed E-state index contributed by atoms with van der Waals surface area (Å²) in [5, 5.41) is 20.0. The van der Waals surface area contributed by atoms with Gasteiger partial charge in [-0.1, -0.05) is 24.3 Å². The van der Waals surface area contributed by atoms with Gasteiger partial charge >= 0.3 is 18.0 Å². The molecular formula is C42H49Br2N11O7. The normalized spacial score (nSPS) is 13.1. The van der Waals surface area contributed by atoms with Gasteiger partial charge in [0, 0.05) is 72.2 Å². The second-order valence-electron chi connectivity index (χ2n) is 13.9. The zero-order valence-electron chi connectivity index (χ0n) is 34.2. The van der Waals surface area contributed by atoms with Gasteiger partial charge in [-0.05, 0) is 116 Å². The summed E-state index contributed by atoms with van der Waals surface area (Å²) < 4.78 is 6.30. The molecule has 4 aromatic carbocycles. The number of esters is 1. The van der Waals surface area contributed by atoms with Crippen molar-refractivity contribution < 1.29 is 33.5 Å². The molecule has 18 nitrogen and oxygen atoms in total. The van der Waals surface area contributed by atoms with Crippen molar-refractivity contribution in [3.05, 3.63) is 116 Å². The fourth-order valence-electron chi connectivity index (χ4n) is 6.45. The summed E-state index contributed by atoms with van der Waals surface area (Å²) in [6.45, 7) is 2.64. The van der Waals surface area contributed by atoms with E-state index < -0.39 is 18.0 Å². The quantitative estimate of drug-likeness (QED) is 0.0788. The first kappa shape index (κ1) is 46.5. The third-order valence-corrected chi connectivity index (χ3v) is 11.0. The molecule has 2 fully saturated rings. The van der Waals surface area contributed by atoms with Crippen molar-refractivity contribution in [2.75, 3.05) is 74.9 Å². The second-order valence-corrected chi connectivity index (χ2v) is 15.7. The van der Waals surface area contributed by atoms with Crippen molar-refractivity contribution in [1.82, 2.24) is 36.6 Å². The van der Waals surface area contributed by atoms with Gasteiger partial charge in [-0.15, -0.1) is 0 Å². The number of nitrogen functional groups attached to an aromatic ring is 2. The lowest BCUT2D eigenvalue weighted by atomic mass is 10.2. The molecule has 0 aliphatic carbocycles. The van der Waals surface area contributed by atoms with Gasteiger partial charge in [0.25, 0.3) is 17.7 Å². The van der Waals surface area contributed by atoms with E-state index in [0.29, 0.717) is 67.5 Å². The van der Waals surface area contributed by atoms with Crippen molar-refractivity contribution in [2.24, 2.45) is 0 Å². The number of amides is 7. The third-order valence-electron chi connectivity index (χ3n) is 9.66. The van der Waals surface area contributed by atoms with Crippen molar-refractivity contribution in [2.45, 2.75) is 25.9 Å². The maximum absolute atomic E-state index is 12.8. The highest BCUT2D eigenvalue weighted by Gasteiger charge is 2.30. The third kappa shape index (κ3) is 12.7. The van der Waals surface area contributed by atoms with Crippen LogP contribution in [0.5, 0.6) is 0 Å². The van der Waals surface area contributed by atoms with Crippen LogP contribution in [0.4, 0.5) is 32.3 Å². The Balaban J connectivity index is 0.000000234. The number of anilines is 4. The topological polar surface area (TPSA) is 237 Å². The molecule has 9 N–H and O–H groups in total. The molecular weight excluding hydrogens is 930 g/mol. The lowest BCUT2D eigenvalue weighted by Crippen LogP contribution is -2.48. The molecule has 62 heavy (non-hydrogen) atoms. The van der Waals surface area contributed by atoms with Gasteiger partial charge in [0.2, 0.25) is 0 Å². The maximum Gasteiger partial charge on any atom is 0.337 e. The van der Waals surface area contributed by atoms with Crippen molar-refractivity contribution >= 4 is 90.4 Å². The van der Waals surface area contributed by atoms with Gasteiger partial charge in [0.15, 0.2) is 0 Å². The average Bonchev–Trinajstić information content (AvgIpc) is 3.98. The zero-order chi connectivity index (χ0) is 44.8. The molecule has 6 rings (SSSR count). The Bertz CT molecular complexity index is 2090. The Morgan fingerprint density at radius 3 is 1.44 bits per heavy atom. The van der Waals surface area contributed by atoms with Crippen LogP contribution in [0.2, 0.25) is 0 Å². The number of nitrogens with two attached hydrogens (primary N) is 2.